The lowest BCUT2D eigenvalue weighted by Gasteiger charge is -2.20. The Morgan fingerprint density at radius 1 is 0.938 bits per heavy atom. The lowest BCUT2D eigenvalue weighted by atomic mass is 10.0. The quantitative estimate of drug-likeness (QED) is 0.486. The molecule has 0 heterocycles. The van der Waals surface area contributed by atoms with Crippen molar-refractivity contribution in [1.29, 1.82) is 0 Å². The number of nitrogens with two attached hydrogens (primary N) is 1. The van der Waals surface area contributed by atoms with Crippen LogP contribution in [0, 0.1) is 0 Å². The molecule has 0 bridgehead atoms. The number of primary amides is 1. The Balaban J connectivity index is 1.76. The minimum atomic E-state index is -3.82. The van der Waals surface area contributed by atoms with Crippen LogP contribution in [0.5, 0.6) is 0 Å². The van der Waals surface area contributed by atoms with Gasteiger partial charge in [-0.3, -0.25) is 9.10 Å². The molecule has 0 aromatic heterocycles. The summed E-state index contributed by atoms with van der Waals surface area (Å²) < 4.78 is 27.2. The highest BCUT2D eigenvalue weighted by Crippen LogP contribution is 2.24. The number of carbonyl (C=O) groups is 2. The van der Waals surface area contributed by atoms with Gasteiger partial charge in [-0.15, -0.1) is 0 Å². The van der Waals surface area contributed by atoms with Gasteiger partial charge >= 0.3 is 6.03 Å². The zero-order valence-electron chi connectivity index (χ0n) is 17.4. The third kappa shape index (κ3) is 5.64. The van der Waals surface area contributed by atoms with Crippen LogP contribution in [0.2, 0.25) is 0 Å². The molecule has 0 saturated heterocycles. The molecule has 32 heavy (non-hydrogen) atoms. The highest BCUT2D eigenvalue weighted by atomic mass is 32.2. The van der Waals surface area contributed by atoms with Crippen LogP contribution in [-0.2, 0) is 14.8 Å². The number of para-hydroxylation sites is 1. The lowest BCUT2D eigenvalue weighted by Crippen LogP contribution is -2.35. The van der Waals surface area contributed by atoms with E-state index in [0.29, 0.717) is 11.4 Å². The summed E-state index contributed by atoms with van der Waals surface area (Å²) in [6.45, 7) is 0. The monoisotopic (exact) mass is 452 g/mol. The maximum atomic E-state index is 13.0. The molecule has 9 heteroatoms. The average molecular weight is 453 g/mol. The van der Waals surface area contributed by atoms with E-state index in [1.165, 1.54) is 23.5 Å². The summed E-state index contributed by atoms with van der Waals surface area (Å²) >= 11 is 0. The van der Waals surface area contributed by atoms with Gasteiger partial charge in [-0.25, -0.2) is 13.2 Å². The first-order valence-electron chi connectivity index (χ1n) is 9.82. The van der Waals surface area contributed by atoms with Crippen LogP contribution in [0.3, 0.4) is 0 Å². The first-order chi connectivity index (χ1) is 15.3. The Morgan fingerprint density at radius 3 is 2.19 bits per heavy atom. The van der Waals surface area contributed by atoms with Gasteiger partial charge in [0.25, 0.3) is 10.0 Å². The summed E-state index contributed by atoms with van der Waals surface area (Å²) in [5.41, 5.74) is 6.82. The summed E-state index contributed by atoms with van der Waals surface area (Å²) in [4.78, 5) is 24.0. The topological polar surface area (TPSA) is 122 Å². The molecular formula is C23H24N4O4S. The Labute approximate surface area is 187 Å². The van der Waals surface area contributed by atoms with E-state index in [0.717, 1.165) is 5.56 Å². The molecule has 3 amide bonds. The average Bonchev–Trinajstić information content (AvgIpc) is 2.79. The van der Waals surface area contributed by atoms with Gasteiger partial charge in [0.05, 0.1) is 23.0 Å². The van der Waals surface area contributed by atoms with Gasteiger partial charge in [-0.2, -0.15) is 0 Å². The van der Waals surface area contributed by atoms with Crippen LogP contribution in [0.4, 0.5) is 16.2 Å². The zero-order chi connectivity index (χ0) is 23.1. The van der Waals surface area contributed by atoms with Crippen LogP contribution in [-0.4, -0.2) is 27.4 Å². The predicted molar refractivity (Wildman–Crippen MR) is 124 cm³/mol. The maximum absolute atomic E-state index is 13.0. The van der Waals surface area contributed by atoms with Crippen molar-refractivity contribution in [3.8, 4) is 0 Å². The molecule has 8 nitrogen and oxygen atoms in total. The molecule has 0 aliphatic rings. The second-order valence-corrected chi connectivity index (χ2v) is 9.03. The molecule has 0 saturated carbocycles. The van der Waals surface area contributed by atoms with E-state index < -0.39 is 28.0 Å². The van der Waals surface area contributed by atoms with Crippen molar-refractivity contribution in [1.82, 2.24) is 5.32 Å². The maximum Gasteiger partial charge on any atom is 0.312 e. The molecule has 1 atom stereocenters. The number of rotatable bonds is 8. The summed E-state index contributed by atoms with van der Waals surface area (Å²) in [7, 11) is -2.36. The van der Waals surface area contributed by atoms with Gasteiger partial charge in [-0.05, 0) is 35.9 Å². The van der Waals surface area contributed by atoms with Crippen molar-refractivity contribution in [2.24, 2.45) is 5.73 Å². The van der Waals surface area contributed by atoms with Crippen molar-refractivity contribution < 1.29 is 18.0 Å². The first-order valence-corrected chi connectivity index (χ1v) is 11.3. The second-order valence-electron chi connectivity index (χ2n) is 7.06. The SMILES string of the molecule is CN(c1ccccc1)S(=O)(=O)c1cccc(NC(=O)C[C@H](NC(N)=O)c2ccccc2)c1. The normalized spacial score (nSPS) is 11.9. The number of anilines is 2. The van der Waals surface area contributed by atoms with Gasteiger partial charge in [0.1, 0.15) is 0 Å². The number of hydrogen-bond acceptors (Lipinski definition) is 4. The Kier molecular flexibility index (Phi) is 7.11. The van der Waals surface area contributed by atoms with Crippen LogP contribution >= 0.6 is 0 Å². The van der Waals surface area contributed by atoms with Gasteiger partial charge in [0.2, 0.25) is 5.91 Å². The van der Waals surface area contributed by atoms with E-state index in [2.05, 4.69) is 10.6 Å². The minimum absolute atomic E-state index is 0.0384. The fourth-order valence-corrected chi connectivity index (χ4v) is 4.42. The zero-order valence-corrected chi connectivity index (χ0v) is 18.2. The summed E-state index contributed by atoms with van der Waals surface area (Å²) in [6, 6.07) is 22.3. The third-order valence-electron chi connectivity index (χ3n) is 4.80. The summed E-state index contributed by atoms with van der Waals surface area (Å²) in [5.74, 6) is -0.404. The fraction of sp³-hybridized carbons (Fsp3) is 0.130. The van der Waals surface area contributed by atoms with Gasteiger partial charge in [0, 0.05) is 12.7 Å². The molecule has 4 N–H and O–H groups in total. The van der Waals surface area contributed by atoms with Crippen LogP contribution in [0.1, 0.15) is 18.0 Å². The number of urea groups is 1. The van der Waals surface area contributed by atoms with Crippen molar-refractivity contribution >= 4 is 33.3 Å². The Bertz CT molecular complexity index is 1180. The second kappa shape index (κ2) is 9.97. The van der Waals surface area contributed by atoms with Crippen molar-refractivity contribution in [2.75, 3.05) is 16.7 Å². The molecule has 166 valence electrons. The van der Waals surface area contributed by atoms with Gasteiger partial charge in [0.15, 0.2) is 0 Å². The van der Waals surface area contributed by atoms with E-state index in [1.54, 1.807) is 66.7 Å². The van der Waals surface area contributed by atoms with Crippen LogP contribution in [0.15, 0.2) is 89.8 Å². The highest BCUT2D eigenvalue weighted by molar-refractivity contribution is 7.92. The smallest absolute Gasteiger partial charge is 0.312 e. The van der Waals surface area contributed by atoms with E-state index in [4.69, 9.17) is 5.73 Å². The number of amides is 3. The van der Waals surface area contributed by atoms with Gasteiger partial charge in [-0.1, -0.05) is 54.6 Å². The largest absolute Gasteiger partial charge is 0.352 e. The van der Waals surface area contributed by atoms with Crippen molar-refractivity contribution in [3.05, 3.63) is 90.5 Å². The molecule has 3 aromatic carbocycles. The summed E-state index contributed by atoms with van der Waals surface area (Å²) in [6.07, 6.45) is -0.0755. The fourth-order valence-electron chi connectivity index (χ4n) is 3.18. The predicted octanol–water partition coefficient (Wildman–Crippen LogP) is 3.25. The van der Waals surface area contributed by atoms with Crippen LogP contribution < -0.4 is 20.7 Å². The number of carbonyl (C=O) groups excluding carboxylic acids is 2. The summed E-state index contributed by atoms with van der Waals surface area (Å²) in [5, 5.41) is 5.25. The number of nitrogens with zero attached hydrogens (tertiary/aromatic N) is 1. The van der Waals surface area contributed by atoms with E-state index in [1.807, 2.05) is 6.07 Å². The van der Waals surface area contributed by atoms with Crippen molar-refractivity contribution in [2.45, 2.75) is 17.4 Å². The highest BCUT2D eigenvalue weighted by Gasteiger charge is 2.22. The van der Waals surface area contributed by atoms with E-state index in [9.17, 15) is 18.0 Å². The Hall–Kier alpha value is -3.85. The van der Waals surface area contributed by atoms with E-state index in [-0.39, 0.29) is 11.3 Å². The van der Waals surface area contributed by atoms with Crippen molar-refractivity contribution in [3.63, 3.8) is 0 Å². The molecule has 3 rings (SSSR count). The molecule has 0 aliphatic heterocycles. The van der Waals surface area contributed by atoms with E-state index >= 15 is 0 Å². The van der Waals surface area contributed by atoms with Gasteiger partial charge < -0.3 is 16.4 Å². The molecule has 0 unspecified atom stereocenters. The molecular weight excluding hydrogens is 428 g/mol. The number of nitrogens with one attached hydrogen (secondary N) is 2. The first kappa shape index (κ1) is 22.8. The minimum Gasteiger partial charge on any atom is -0.352 e. The van der Waals surface area contributed by atoms with Crippen LogP contribution in [0.25, 0.3) is 0 Å². The molecule has 0 radical (unpaired) electrons. The molecule has 0 fully saturated rings. The molecule has 3 aromatic rings. The Morgan fingerprint density at radius 2 is 1.56 bits per heavy atom. The number of hydrogen-bond donors (Lipinski definition) is 3. The lowest BCUT2D eigenvalue weighted by molar-refractivity contribution is -0.116. The number of benzene rings is 3. The molecule has 0 spiro atoms. The standard InChI is InChI=1S/C23H24N4O4S/c1-27(19-12-6-3-7-13-19)32(30,31)20-14-8-11-18(15-20)25-22(28)16-21(26-23(24)29)17-9-4-2-5-10-17/h2-15,21H,16H2,1H3,(H,25,28)(H3,24,26,29)/t21-/m0/s1. The number of sulfonamides is 1. The molecule has 0 aliphatic carbocycles. The third-order valence-corrected chi connectivity index (χ3v) is 6.59.